The Morgan fingerprint density at radius 2 is 2.05 bits per heavy atom. The topological polar surface area (TPSA) is 88.7 Å². The van der Waals surface area contributed by atoms with Crippen molar-refractivity contribution in [3.63, 3.8) is 0 Å². The molecule has 0 aliphatic rings. The first-order chi connectivity index (χ1) is 9.82. The number of rotatable bonds is 5. The number of nitrogens with two attached hydrogens (primary N) is 1. The van der Waals surface area contributed by atoms with Gasteiger partial charge in [-0.1, -0.05) is 26.8 Å². The first-order valence-corrected chi connectivity index (χ1v) is 6.82. The molecule has 0 saturated heterocycles. The summed E-state index contributed by atoms with van der Waals surface area (Å²) in [6.07, 6.45) is 0. The van der Waals surface area contributed by atoms with E-state index < -0.39 is 5.41 Å². The van der Waals surface area contributed by atoms with Crippen molar-refractivity contribution in [3.8, 4) is 5.75 Å². The number of nitrogens with zero attached hydrogens (tertiary/aromatic N) is 1. The van der Waals surface area contributed by atoms with Crippen molar-refractivity contribution in [3.05, 3.63) is 24.3 Å². The van der Waals surface area contributed by atoms with Gasteiger partial charge in [0.15, 0.2) is 5.96 Å². The van der Waals surface area contributed by atoms with Crippen LogP contribution in [0.1, 0.15) is 20.8 Å². The van der Waals surface area contributed by atoms with Crippen LogP contribution in [0.2, 0.25) is 0 Å². The average molecular weight is 420 g/mol. The molecule has 0 aliphatic carbocycles. The lowest BCUT2D eigenvalue weighted by Crippen LogP contribution is -2.36. The minimum absolute atomic E-state index is 0. The molecule has 1 aromatic rings. The second kappa shape index (κ2) is 9.50. The van der Waals surface area contributed by atoms with Crippen LogP contribution in [0, 0.1) is 5.41 Å². The summed E-state index contributed by atoms with van der Waals surface area (Å²) in [7, 11) is 1.61. The summed E-state index contributed by atoms with van der Waals surface area (Å²) in [5, 5.41) is 5.78. The molecule has 0 unspecified atom stereocenters. The number of methoxy groups -OCH3 is 1. The highest BCUT2D eigenvalue weighted by molar-refractivity contribution is 14.0. The summed E-state index contributed by atoms with van der Waals surface area (Å²) in [6.45, 7) is 6.47. The van der Waals surface area contributed by atoms with E-state index in [0.29, 0.717) is 19.0 Å². The second-order valence-corrected chi connectivity index (χ2v) is 5.63. The molecule has 0 atom stereocenters. The molecule has 0 aliphatic heterocycles. The number of carbonyl (C=O) groups is 1. The van der Waals surface area contributed by atoms with Gasteiger partial charge in [-0.3, -0.25) is 9.79 Å². The van der Waals surface area contributed by atoms with Crippen molar-refractivity contribution >= 4 is 41.5 Å². The molecule has 22 heavy (non-hydrogen) atoms. The fourth-order valence-electron chi connectivity index (χ4n) is 1.50. The first-order valence-electron chi connectivity index (χ1n) is 6.82. The van der Waals surface area contributed by atoms with Gasteiger partial charge < -0.3 is 21.1 Å². The van der Waals surface area contributed by atoms with E-state index in [4.69, 9.17) is 10.5 Å². The molecule has 0 bridgehead atoms. The lowest BCUT2D eigenvalue weighted by molar-refractivity contribution is -0.128. The summed E-state index contributed by atoms with van der Waals surface area (Å²) in [4.78, 5) is 15.8. The van der Waals surface area contributed by atoms with E-state index in [-0.39, 0.29) is 29.9 Å². The maximum Gasteiger partial charge on any atom is 0.225 e. The summed E-state index contributed by atoms with van der Waals surface area (Å²) < 4.78 is 5.12. The van der Waals surface area contributed by atoms with Crippen LogP contribution in [0.15, 0.2) is 29.3 Å². The van der Waals surface area contributed by atoms with E-state index in [1.54, 1.807) is 7.11 Å². The summed E-state index contributed by atoms with van der Waals surface area (Å²) in [5.74, 6) is 1.04. The standard InChI is InChI=1S/C15H24N4O2.HI/c1-15(2,3)13(20)17-8-9-18-14(16)19-11-6-5-7-12(10-11)21-4;/h5-7,10H,8-9H2,1-4H3,(H,17,20)(H3,16,18,19);1H. The van der Waals surface area contributed by atoms with Crippen molar-refractivity contribution in [2.24, 2.45) is 16.1 Å². The zero-order chi connectivity index (χ0) is 15.9. The molecule has 4 N–H and O–H groups in total. The fourth-order valence-corrected chi connectivity index (χ4v) is 1.50. The molecule has 0 heterocycles. The van der Waals surface area contributed by atoms with Crippen molar-refractivity contribution in [1.82, 2.24) is 5.32 Å². The van der Waals surface area contributed by atoms with E-state index in [1.807, 2.05) is 45.0 Å². The van der Waals surface area contributed by atoms with Gasteiger partial charge in [0.2, 0.25) is 5.91 Å². The third-order valence-electron chi connectivity index (χ3n) is 2.70. The lowest BCUT2D eigenvalue weighted by Gasteiger charge is -2.17. The van der Waals surface area contributed by atoms with Crippen LogP contribution in [-0.4, -0.2) is 32.1 Å². The Hall–Kier alpha value is -1.51. The third-order valence-corrected chi connectivity index (χ3v) is 2.70. The number of ether oxygens (including phenoxy) is 1. The molecule has 1 aromatic carbocycles. The number of anilines is 1. The zero-order valence-corrected chi connectivity index (χ0v) is 15.8. The maximum atomic E-state index is 11.7. The van der Waals surface area contributed by atoms with E-state index in [0.717, 1.165) is 11.4 Å². The van der Waals surface area contributed by atoms with Gasteiger partial charge in [0.25, 0.3) is 0 Å². The quantitative estimate of drug-likeness (QED) is 0.295. The fraction of sp³-hybridized carbons (Fsp3) is 0.467. The van der Waals surface area contributed by atoms with Crippen molar-refractivity contribution in [1.29, 1.82) is 0 Å². The van der Waals surface area contributed by atoms with Crippen LogP contribution in [0.4, 0.5) is 5.69 Å². The predicted octanol–water partition coefficient (Wildman–Crippen LogP) is 2.20. The van der Waals surface area contributed by atoms with Crippen LogP contribution < -0.4 is 21.1 Å². The minimum Gasteiger partial charge on any atom is -0.497 e. The van der Waals surface area contributed by atoms with E-state index in [9.17, 15) is 4.79 Å². The number of halogens is 1. The zero-order valence-electron chi connectivity index (χ0n) is 13.5. The lowest BCUT2D eigenvalue weighted by atomic mass is 9.96. The smallest absolute Gasteiger partial charge is 0.225 e. The number of nitrogens with one attached hydrogen (secondary N) is 2. The molecule has 0 radical (unpaired) electrons. The number of carbonyl (C=O) groups excluding carboxylic acids is 1. The Balaban J connectivity index is 0.00000441. The monoisotopic (exact) mass is 420 g/mol. The van der Waals surface area contributed by atoms with Gasteiger partial charge in [-0.25, -0.2) is 0 Å². The molecule has 0 saturated carbocycles. The summed E-state index contributed by atoms with van der Waals surface area (Å²) >= 11 is 0. The SMILES string of the molecule is COc1cccc(NC(N)=NCCNC(=O)C(C)(C)C)c1.I. The van der Waals surface area contributed by atoms with Crippen LogP contribution in [0.3, 0.4) is 0 Å². The number of aliphatic imine (C=N–C) groups is 1. The summed E-state index contributed by atoms with van der Waals surface area (Å²) in [5.41, 5.74) is 6.19. The largest absolute Gasteiger partial charge is 0.497 e. The van der Waals surface area contributed by atoms with Gasteiger partial charge in [0.1, 0.15) is 5.75 Å². The molecule has 124 valence electrons. The van der Waals surface area contributed by atoms with E-state index >= 15 is 0 Å². The van der Waals surface area contributed by atoms with Gasteiger partial charge >= 0.3 is 0 Å². The summed E-state index contributed by atoms with van der Waals surface area (Å²) in [6, 6.07) is 7.40. The number of hydrogen-bond acceptors (Lipinski definition) is 3. The Morgan fingerprint density at radius 1 is 1.36 bits per heavy atom. The normalized spacial score (nSPS) is 11.4. The number of guanidine groups is 1. The number of amides is 1. The molecule has 0 aromatic heterocycles. The highest BCUT2D eigenvalue weighted by atomic mass is 127. The van der Waals surface area contributed by atoms with Crippen molar-refractivity contribution < 1.29 is 9.53 Å². The number of benzene rings is 1. The Morgan fingerprint density at radius 3 is 2.64 bits per heavy atom. The molecular formula is C15H25IN4O2. The van der Waals surface area contributed by atoms with Gasteiger partial charge in [0.05, 0.1) is 13.7 Å². The van der Waals surface area contributed by atoms with Crippen LogP contribution >= 0.6 is 24.0 Å². The van der Waals surface area contributed by atoms with Crippen molar-refractivity contribution in [2.45, 2.75) is 20.8 Å². The van der Waals surface area contributed by atoms with Gasteiger partial charge in [-0.05, 0) is 12.1 Å². The third kappa shape index (κ3) is 7.48. The van der Waals surface area contributed by atoms with Crippen LogP contribution in [0.25, 0.3) is 0 Å². The Bertz CT molecular complexity index is 513. The average Bonchev–Trinajstić information content (AvgIpc) is 2.42. The first kappa shape index (κ1) is 20.5. The van der Waals surface area contributed by atoms with Gasteiger partial charge in [-0.2, -0.15) is 0 Å². The molecule has 0 spiro atoms. The predicted molar refractivity (Wildman–Crippen MR) is 101 cm³/mol. The highest BCUT2D eigenvalue weighted by Gasteiger charge is 2.19. The van der Waals surface area contributed by atoms with E-state index in [1.165, 1.54) is 0 Å². The van der Waals surface area contributed by atoms with Gasteiger partial charge in [0, 0.05) is 23.7 Å². The minimum atomic E-state index is -0.395. The number of hydrogen-bond donors (Lipinski definition) is 3. The van der Waals surface area contributed by atoms with E-state index in [2.05, 4.69) is 15.6 Å². The molecule has 1 rings (SSSR count). The Kier molecular flexibility index (Phi) is 8.84. The second-order valence-electron chi connectivity index (χ2n) is 5.63. The maximum absolute atomic E-state index is 11.7. The highest BCUT2D eigenvalue weighted by Crippen LogP contribution is 2.16. The van der Waals surface area contributed by atoms with Crippen LogP contribution in [-0.2, 0) is 4.79 Å². The van der Waals surface area contributed by atoms with Crippen LogP contribution in [0.5, 0.6) is 5.75 Å². The molecular weight excluding hydrogens is 395 g/mol. The molecule has 6 nitrogen and oxygen atoms in total. The molecule has 0 fully saturated rings. The van der Waals surface area contributed by atoms with Gasteiger partial charge in [-0.15, -0.1) is 24.0 Å². The molecule has 1 amide bonds. The van der Waals surface area contributed by atoms with Crippen molar-refractivity contribution in [2.75, 3.05) is 25.5 Å². The Labute approximate surface area is 148 Å². The molecule has 7 heteroatoms.